The highest BCUT2D eigenvalue weighted by Gasteiger charge is 2.50. The van der Waals surface area contributed by atoms with E-state index >= 15 is 0 Å². The monoisotopic (exact) mass is 393 g/mol. The van der Waals surface area contributed by atoms with Gasteiger partial charge >= 0.3 is 0 Å². The number of allylic oxidation sites excluding steroid dienone is 2. The molecule has 1 saturated carbocycles. The Morgan fingerprint density at radius 1 is 1.28 bits per heavy atom. The molecule has 1 saturated heterocycles. The molecule has 4 rings (SSSR count). The molecule has 1 N–H and O–H groups in total. The molecule has 3 unspecified atom stereocenters. The maximum absolute atomic E-state index is 9.58. The predicted molar refractivity (Wildman–Crippen MR) is 119 cm³/mol. The Bertz CT molecular complexity index is 750. The minimum Gasteiger partial charge on any atom is -0.356 e. The zero-order chi connectivity index (χ0) is 20.3. The van der Waals surface area contributed by atoms with Crippen molar-refractivity contribution in [2.45, 2.75) is 89.9 Å². The van der Waals surface area contributed by atoms with E-state index in [1.165, 1.54) is 38.5 Å². The van der Waals surface area contributed by atoms with Crippen LogP contribution in [0.15, 0.2) is 34.3 Å². The molecule has 2 heterocycles. The molecular formula is C24H35N5. The highest BCUT2D eigenvalue weighted by molar-refractivity contribution is 6.04. The Morgan fingerprint density at radius 3 is 2.79 bits per heavy atom. The largest absolute Gasteiger partial charge is 0.356 e. The van der Waals surface area contributed by atoms with Crippen LogP contribution < -0.4 is 5.32 Å². The smallest absolute Gasteiger partial charge is 0.207 e. The lowest BCUT2D eigenvalue weighted by molar-refractivity contribution is 0.133. The molecule has 0 aromatic heterocycles. The van der Waals surface area contributed by atoms with Gasteiger partial charge in [-0.3, -0.25) is 10.3 Å². The van der Waals surface area contributed by atoms with E-state index in [4.69, 9.17) is 4.99 Å². The highest BCUT2D eigenvalue weighted by atomic mass is 15.3. The number of likely N-dealkylation sites (tertiary alicyclic amines) is 1. The fourth-order valence-corrected chi connectivity index (χ4v) is 6.02. The number of aliphatic imine (C=N–C) groups is 2. The van der Waals surface area contributed by atoms with Crippen molar-refractivity contribution in [1.29, 1.82) is 5.26 Å². The van der Waals surface area contributed by atoms with Crippen LogP contribution >= 0.6 is 0 Å². The lowest BCUT2D eigenvalue weighted by Gasteiger charge is -2.50. The first-order chi connectivity index (χ1) is 14.2. The van der Waals surface area contributed by atoms with Crippen LogP contribution in [0.4, 0.5) is 0 Å². The Morgan fingerprint density at radius 2 is 2.10 bits per heavy atom. The molecule has 0 spiro atoms. The number of fused-ring (bicyclic) bond motifs is 1. The molecule has 4 aliphatic rings. The van der Waals surface area contributed by atoms with Crippen molar-refractivity contribution in [3.05, 3.63) is 24.3 Å². The van der Waals surface area contributed by atoms with Crippen molar-refractivity contribution in [2.24, 2.45) is 21.3 Å². The quantitative estimate of drug-likeness (QED) is 0.695. The third kappa shape index (κ3) is 3.80. The van der Waals surface area contributed by atoms with Gasteiger partial charge in [0.2, 0.25) is 6.19 Å². The normalized spacial score (nSPS) is 38.0. The molecule has 2 fully saturated rings. The number of rotatable bonds is 5. The number of hydrogen-bond acceptors (Lipinski definition) is 4. The van der Waals surface area contributed by atoms with Crippen LogP contribution in [0.25, 0.3) is 0 Å². The summed E-state index contributed by atoms with van der Waals surface area (Å²) in [4.78, 5) is 12.1. The van der Waals surface area contributed by atoms with E-state index in [9.17, 15) is 5.26 Å². The Kier molecular flexibility index (Phi) is 6.20. The summed E-state index contributed by atoms with van der Waals surface area (Å²) in [7, 11) is 0. The fourth-order valence-electron chi connectivity index (χ4n) is 6.02. The maximum atomic E-state index is 9.58. The van der Waals surface area contributed by atoms with Gasteiger partial charge in [0.15, 0.2) is 0 Å². The number of nitrogens with zero attached hydrogens (tertiary/aromatic N) is 4. The van der Waals surface area contributed by atoms with Crippen LogP contribution in [0.3, 0.4) is 0 Å². The second-order valence-corrected chi connectivity index (χ2v) is 9.15. The maximum Gasteiger partial charge on any atom is 0.207 e. The van der Waals surface area contributed by atoms with Crippen LogP contribution in [0.5, 0.6) is 0 Å². The molecule has 0 amide bonds. The zero-order valence-electron chi connectivity index (χ0n) is 18.0. The van der Waals surface area contributed by atoms with E-state index in [0.717, 1.165) is 43.3 Å². The van der Waals surface area contributed by atoms with Crippen molar-refractivity contribution in [2.75, 3.05) is 6.54 Å². The van der Waals surface area contributed by atoms with E-state index in [1.807, 2.05) is 0 Å². The summed E-state index contributed by atoms with van der Waals surface area (Å²) >= 11 is 0. The second-order valence-electron chi connectivity index (χ2n) is 9.15. The molecular weight excluding hydrogens is 358 g/mol. The molecule has 5 nitrogen and oxygen atoms in total. The van der Waals surface area contributed by atoms with Crippen molar-refractivity contribution in [3.8, 4) is 6.19 Å². The number of hydrogen-bond donors (Lipinski definition) is 1. The van der Waals surface area contributed by atoms with Crippen molar-refractivity contribution < 1.29 is 0 Å². The van der Waals surface area contributed by atoms with E-state index in [1.54, 1.807) is 0 Å². The van der Waals surface area contributed by atoms with Crippen LogP contribution in [0.2, 0.25) is 0 Å². The molecule has 5 heteroatoms. The molecule has 156 valence electrons. The van der Waals surface area contributed by atoms with Crippen molar-refractivity contribution in [3.63, 3.8) is 0 Å². The first-order valence-electron chi connectivity index (χ1n) is 11.6. The first kappa shape index (κ1) is 20.3. The molecule has 0 bridgehead atoms. The SMILES string of the molecule is CCCC1CCC(N2CCCC(CC)(C3N=C4C=CC=CC4N3)C2=NC#N)CC1. The van der Waals surface area contributed by atoms with Gasteiger partial charge in [-0.1, -0.05) is 44.9 Å². The Labute approximate surface area is 175 Å². The van der Waals surface area contributed by atoms with Gasteiger partial charge in [-0.05, 0) is 56.9 Å². The summed E-state index contributed by atoms with van der Waals surface area (Å²) in [6.07, 6.45) is 21.5. The van der Waals surface area contributed by atoms with Gasteiger partial charge in [-0.25, -0.2) is 0 Å². The summed E-state index contributed by atoms with van der Waals surface area (Å²) in [6.45, 7) is 5.56. The van der Waals surface area contributed by atoms with Crippen molar-refractivity contribution in [1.82, 2.24) is 10.2 Å². The molecule has 2 aliphatic carbocycles. The average Bonchev–Trinajstić information content (AvgIpc) is 3.20. The summed E-state index contributed by atoms with van der Waals surface area (Å²) in [6, 6.07) is 0.717. The average molecular weight is 394 g/mol. The third-order valence-electron chi connectivity index (χ3n) is 7.62. The zero-order valence-corrected chi connectivity index (χ0v) is 18.0. The number of piperidine rings is 1. The standard InChI is InChI=1S/C24H35N5/c1-3-8-18-11-13-19(14-12-18)29-16-7-15-24(4-2,23(29)26-17-25)22-27-20-9-5-6-10-21(20)28-22/h5-6,9-10,18-20,22,27H,3-4,7-8,11-16H2,1-2H3. The van der Waals surface area contributed by atoms with E-state index in [-0.39, 0.29) is 17.6 Å². The van der Waals surface area contributed by atoms with Gasteiger partial charge in [-0.2, -0.15) is 10.3 Å². The highest BCUT2D eigenvalue weighted by Crippen LogP contribution is 2.44. The molecule has 0 aromatic carbocycles. The Hall–Kier alpha value is -1.93. The summed E-state index contributed by atoms with van der Waals surface area (Å²) in [5, 5.41) is 13.3. The number of amidine groups is 1. The lowest BCUT2D eigenvalue weighted by Crippen LogP contribution is -2.59. The molecule has 2 aliphatic heterocycles. The van der Waals surface area contributed by atoms with Crippen LogP contribution in [0.1, 0.15) is 71.6 Å². The summed E-state index contributed by atoms with van der Waals surface area (Å²) in [5.74, 6) is 1.89. The van der Waals surface area contributed by atoms with Crippen LogP contribution in [-0.4, -0.2) is 41.2 Å². The number of nitrogens with one attached hydrogen (secondary N) is 1. The molecule has 0 aromatic rings. The minimum atomic E-state index is -0.194. The van der Waals surface area contributed by atoms with Crippen molar-refractivity contribution >= 4 is 11.5 Å². The number of nitriles is 1. The van der Waals surface area contributed by atoms with E-state index < -0.39 is 0 Å². The minimum absolute atomic E-state index is 0.00812. The van der Waals surface area contributed by atoms with Gasteiger partial charge in [0, 0.05) is 12.6 Å². The molecule has 29 heavy (non-hydrogen) atoms. The van der Waals surface area contributed by atoms with E-state index in [0.29, 0.717) is 6.04 Å². The summed E-state index contributed by atoms with van der Waals surface area (Å²) < 4.78 is 0. The topological polar surface area (TPSA) is 63.8 Å². The van der Waals surface area contributed by atoms with Gasteiger partial charge in [0.1, 0.15) is 12.0 Å². The van der Waals surface area contributed by atoms with E-state index in [2.05, 4.69) is 59.6 Å². The first-order valence-corrected chi connectivity index (χ1v) is 11.6. The van der Waals surface area contributed by atoms with Gasteiger partial charge in [0.05, 0.1) is 17.2 Å². The fraction of sp³-hybridized carbons (Fsp3) is 0.708. The summed E-state index contributed by atoms with van der Waals surface area (Å²) in [5.41, 5.74) is 0.916. The van der Waals surface area contributed by atoms with Gasteiger partial charge in [0.25, 0.3) is 0 Å². The third-order valence-corrected chi connectivity index (χ3v) is 7.62. The van der Waals surface area contributed by atoms with Crippen LogP contribution in [-0.2, 0) is 0 Å². The predicted octanol–water partition coefficient (Wildman–Crippen LogP) is 4.58. The van der Waals surface area contributed by atoms with Gasteiger partial charge < -0.3 is 4.90 Å². The molecule has 0 radical (unpaired) electrons. The lowest BCUT2D eigenvalue weighted by atomic mass is 9.72. The molecule has 3 atom stereocenters. The van der Waals surface area contributed by atoms with Gasteiger partial charge in [-0.15, -0.1) is 0 Å². The second kappa shape index (κ2) is 8.83. The van der Waals surface area contributed by atoms with Crippen LogP contribution in [0, 0.1) is 22.8 Å². The Balaban J connectivity index is 1.59.